The second kappa shape index (κ2) is 9.83. The lowest BCUT2D eigenvalue weighted by molar-refractivity contribution is -0.228. The fourth-order valence-electron chi connectivity index (χ4n) is 12.8. The van der Waals surface area contributed by atoms with Crippen molar-refractivity contribution in [1.29, 1.82) is 0 Å². The van der Waals surface area contributed by atoms with Gasteiger partial charge in [0.1, 0.15) is 17.8 Å². The van der Waals surface area contributed by atoms with Gasteiger partial charge in [-0.2, -0.15) is 0 Å². The van der Waals surface area contributed by atoms with Crippen LogP contribution in [0, 0.1) is 62.6 Å². The Morgan fingerprint density at radius 2 is 1.50 bits per heavy atom. The Hall–Kier alpha value is -2.83. The molecule has 0 radical (unpaired) electrons. The Bertz CT molecular complexity index is 1400. The largest absolute Gasteiger partial charge is 0.508 e. The van der Waals surface area contributed by atoms with Crippen LogP contribution in [0.25, 0.3) is 0 Å². The molecule has 0 bridgehead atoms. The molecule has 11 atom stereocenters. The molecule has 0 spiro atoms. The summed E-state index contributed by atoms with van der Waals surface area (Å²) in [7, 11) is 0. The smallest absolute Gasteiger partial charge is 0.338 e. The average Bonchev–Trinajstić information content (AvgIpc) is 3.42. The van der Waals surface area contributed by atoms with Crippen molar-refractivity contribution in [3.8, 4) is 5.75 Å². The minimum atomic E-state index is -0.921. The number of carbonyl (C=O) groups excluding carboxylic acids is 1. The van der Waals surface area contributed by atoms with E-state index >= 15 is 0 Å². The lowest BCUT2D eigenvalue weighted by Gasteiger charge is -2.70. The predicted octanol–water partition coefficient (Wildman–Crippen LogP) is 7.58. The molecule has 0 amide bonds. The summed E-state index contributed by atoms with van der Waals surface area (Å²) in [5.74, 6) is -2.35. The lowest BCUT2D eigenvalue weighted by atomic mass is 9.34. The summed E-state index contributed by atoms with van der Waals surface area (Å²) in [5, 5.41) is 31.3. The molecule has 5 aliphatic carbocycles. The van der Waals surface area contributed by atoms with Crippen molar-refractivity contribution in [2.75, 3.05) is 0 Å². The average molecular weight is 607 g/mol. The molecule has 0 unspecified atom stereocenters. The van der Waals surface area contributed by atoms with Crippen molar-refractivity contribution >= 4 is 17.9 Å². The molecule has 7 heteroatoms. The van der Waals surface area contributed by atoms with Gasteiger partial charge in [0.15, 0.2) is 0 Å². The number of carboxylic acid groups (broad SMARTS) is 2. The van der Waals surface area contributed by atoms with Gasteiger partial charge in [0.2, 0.25) is 0 Å². The molecule has 5 fully saturated rings. The highest BCUT2D eigenvalue weighted by atomic mass is 16.5. The predicted molar refractivity (Wildman–Crippen MR) is 166 cm³/mol. The van der Waals surface area contributed by atoms with Crippen LogP contribution >= 0.6 is 0 Å². The number of allylic oxidation sites excluding steroid dienone is 1. The monoisotopic (exact) mass is 606 g/mol. The molecule has 0 saturated heterocycles. The highest BCUT2D eigenvalue weighted by molar-refractivity contribution is 5.90. The summed E-state index contributed by atoms with van der Waals surface area (Å²) >= 11 is 0. The van der Waals surface area contributed by atoms with Gasteiger partial charge in [-0.15, -0.1) is 0 Å². The molecule has 44 heavy (non-hydrogen) atoms. The van der Waals surface area contributed by atoms with E-state index in [1.54, 1.807) is 0 Å². The number of aromatic hydroxyl groups is 1. The molecule has 240 valence electrons. The van der Waals surface area contributed by atoms with Crippen LogP contribution in [0.15, 0.2) is 36.4 Å². The molecule has 0 aliphatic heterocycles. The molecule has 5 aliphatic rings. The third-order valence-electron chi connectivity index (χ3n) is 14.9. The fraction of sp³-hybridized carbons (Fsp3) is 0.703. The van der Waals surface area contributed by atoms with Crippen LogP contribution < -0.4 is 0 Å². The third-order valence-corrected chi connectivity index (χ3v) is 14.9. The number of phenols is 1. The molecule has 0 aromatic heterocycles. The van der Waals surface area contributed by atoms with Gasteiger partial charge in [-0.3, -0.25) is 9.59 Å². The first-order valence-corrected chi connectivity index (χ1v) is 16.6. The van der Waals surface area contributed by atoms with Crippen LogP contribution in [-0.4, -0.2) is 39.3 Å². The number of hydrogen-bond acceptors (Lipinski definition) is 5. The second-order valence-corrected chi connectivity index (χ2v) is 16.5. The number of carbonyl (C=O) groups is 3. The molecule has 0 heterocycles. The van der Waals surface area contributed by atoms with Crippen LogP contribution in [0.2, 0.25) is 0 Å². The number of ether oxygens (including phenoxy) is 1. The minimum absolute atomic E-state index is 0.0447. The van der Waals surface area contributed by atoms with Gasteiger partial charge >= 0.3 is 17.9 Å². The van der Waals surface area contributed by atoms with E-state index in [0.717, 1.165) is 44.1 Å². The van der Waals surface area contributed by atoms with E-state index in [9.17, 15) is 29.7 Å². The van der Waals surface area contributed by atoms with E-state index in [0.29, 0.717) is 12.8 Å². The lowest BCUT2D eigenvalue weighted by Crippen LogP contribution is -2.65. The Labute approximate surface area is 261 Å². The zero-order chi connectivity index (χ0) is 32.2. The number of aliphatic carboxylic acids is 2. The van der Waals surface area contributed by atoms with Crippen LogP contribution in [0.5, 0.6) is 5.75 Å². The Morgan fingerprint density at radius 1 is 0.841 bits per heavy atom. The molecule has 7 nitrogen and oxygen atoms in total. The first-order valence-electron chi connectivity index (χ1n) is 16.6. The topological polar surface area (TPSA) is 121 Å². The van der Waals surface area contributed by atoms with Gasteiger partial charge in [0, 0.05) is 5.41 Å². The van der Waals surface area contributed by atoms with Gasteiger partial charge in [0.25, 0.3) is 0 Å². The van der Waals surface area contributed by atoms with E-state index in [-0.39, 0.29) is 51.7 Å². The maximum atomic E-state index is 13.4. The van der Waals surface area contributed by atoms with E-state index in [4.69, 9.17) is 4.74 Å². The number of hydrogen-bond donors (Lipinski definition) is 3. The van der Waals surface area contributed by atoms with Gasteiger partial charge in [-0.05, 0) is 128 Å². The molecular formula is C37H50O7. The highest BCUT2D eigenvalue weighted by Gasteiger charge is 2.76. The Kier molecular flexibility index (Phi) is 6.96. The Balaban J connectivity index is 1.40. The van der Waals surface area contributed by atoms with Gasteiger partial charge in [0.05, 0.1) is 11.0 Å². The Morgan fingerprint density at radius 3 is 2.09 bits per heavy atom. The van der Waals surface area contributed by atoms with Crippen LogP contribution in [-0.2, 0) is 14.3 Å². The van der Waals surface area contributed by atoms with Crippen molar-refractivity contribution in [1.82, 2.24) is 0 Å². The van der Waals surface area contributed by atoms with Crippen molar-refractivity contribution in [2.45, 2.75) is 99.0 Å². The molecule has 1 aromatic carbocycles. The number of carboxylic acids is 2. The van der Waals surface area contributed by atoms with Gasteiger partial charge < -0.3 is 20.1 Å². The van der Waals surface area contributed by atoms with Crippen LogP contribution in [0.3, 0.4) is 0 Å². The van der Waals surface area contributed by atoms with Gasteiger partial charge in [-0.1, -0.05) is 46.8 Å². The number of benzene rings is 1. The van der Waals surface area contributed by atoms with Gasteiger partial charge in [-0.25, -0.2) is 4.79 Å². The summed E-state index contributed by atoms with van der Waals surface area (Å²) in [6.45, 7) is 17.5. The fourth-order valence-corrected chi connectivity index (χ4v) is 12.8. The van der Waals surface area contributed by atoms with Crippen LogP contribution in [0.4, 0.5) is 0 Å². The maximum Gasteiger partial charge on any atom is 0.338 e. The normalized spacial score (nSPS) is 45.3. The molecular weight excluding hydrogens is 556 g/mol. The van der Waals surface area contributed by atoms with Crippen molar-refractivity contribution in [2.24, 2.45) is 62.6 Å². The molecule has 5 saturated carbocycles. The SMILES string of the molecule is C=C(C)[C@@H]1CC[C@]2(C(=O)O)CC[C@]3(C)[C@H](CC[C@@H]4[C@@]5(C)[C@@H](C(=O)O)[C@H](OC(=O)c6ccc(O)cc6)C(C)(C)[C@@H]5CC[C@]43C)[C@@H]12. The summed E-state index contributed by atoms with van der Waals surface area (Å²) in [4.78, 5) is 39.7. The van der Waals surface area contributed by atoms with Crippen molar-refractivity contribution in [3.05, 3.63) is 42.0 Å². The molecule has 3 N–H and O–H groups in total. The standard InChI is InChI=1S/C37H50O7/c1-20(2)23-14-17-37(32(42)43)19-18-34(5)24(27(23)37)12-13-26-35(34,6)16-15-25-33(3,4)29(28(30(39)40)36(25,26)7)44-31(41)21-8-10-22(38)11-9-21/h8-11,23-29,38H,1,12-19H2,2-7H3,(H,39,40)(H,42,43)/t23-,24+,25-,26-,27+,28+,29-,34+,35+,36-,37-/m0/s1. The number of rotatable bonds is 5. The number of fused-ring (bicyclic) bond motifs is 7. The highest BCUT2D eigenvalue weighted by Crippen LogP contribution is 2.79. The quantitative estimate of drug-likeness (QED) is 0.233. The summed E-state index contributed by atoms with van der Waals surface area (Å²) < 4.78 is 6.19. The van der Waals surface area contributed by atoms with E-state index in [1.807, 2.05) is 0 Å². The summed E-state index contributed by atoms with van der Waals surface area (Å²) in [6.07, 6.45) is 5.79. The van der Waals surface area contributed by atoms with E-state index in [1.165, 1.54) is 24.3 Å². The first-order chi connectivity index (χ1) is 20.5. The summed E-state index contributed by atoms with van der Waals surface area (Å²) in [6, 6.07) is 5.88. The van der Waals surface area contributed by atoms with Crippen LogP contribution in [0.1, 0.15) is 103 Å². The maximum absolute atomic E-state index is 13.4. The van der Waals surface area contributed by atoms with E-state index in [2.05, 4.69) is 48.1 Å². The van der Waals surface area contributed by atoms with Crippen molar-refractivity contribution < 1.29 is 34.4 Å². The summed E-state index contributed by atoms with van der Waals surface area (Å²) in [5.41, 5.74) is -0.829. The first kappa shape index (κ1) is 31.2. The van der Waals surface area contributed by atoms with E-state index < -0.39 is 46.2 Å². The number of esters is 1. The van der Waals surface area contributed by atoms with Crippen molar-refractivity contribution in [3.63, 3.8) is 0 Å². The second-order valence-electron chi connectivity index (χ2n) is 16.5. The zero-order valence-electron chi connectivity index (χ0n) is 27.2. The molecule has 6 rings (SSSR count). The zero-order valence-corrected chi connectivity index (χ0v) is 27.2. The third kappa shape index (κ3) is 3.82. The number of phenolic OH excluding ortho intramolecular Hbond substituents is 1. The minimum Gasteiger partial charge on any atom is -0.508 e. The molecule has 1 aromatic rings.